The van der Waals surface area contributed by atoms with E-state index < -0.39 is 270 Å². The quantitative estimate of drug-likeness (QED) is 0.0342. The van der Waals surface area contributed by atoms with Crippen molar-refractivity contribution in [3.8, 4) is 131 Å². The summed E-state index contributed by atoms with van der Waals surface area (Å²) in [7, 11) is 0. The second-order valence-corrected chi connectivity index (χ2v) is 19.4. The number of phenolic OH excluding ortho intramolecular Hbond substituents is 19. The Kier molecular flexibility index (Phi) is 13.2. The highest BCUT2D eigenvalue weighted by Gasteiger charge is 2.56. The zero-order chi connectivity index (χ0) is 64.6. The van der Waals surface area contributed by atoms with E-state index in [1.807, 2.05) is 0 Å². The van der Waals surface area contributed by atoms with Crippen molar-refractivity contribution >= 4 is 62.6 Å². The van der Waals surface area contributed by atoms with E-state index in [9.17, 15) is 126 Å². The SMILES string of the molecule is O=C(OCC1OC(OC(=O)c2cc(O)c(O)c(O)c2)C2OC(=O)c3cc(O)c(O)c(O)c3-c3c(cc(O)c(O)c3O)C(=O)OC2C1OC(=O)c1cc(O)c(O)c(O)c1-c1c(O)c(O)c2oc(=O)c3cc(O)c(O)c4oc(=O)c1c2c43)c1cc(O)c(O)c(O)c1. The molecule has 89 heavy (non-hydrogen) atoms. The van der Waals surface area contributed by atoms with Crippen LogP contribution in [0, 0.1) is 0 Å². The summed E-state index contributed by atoms with van der Waals surface area (Å²) in [5.74, 6) is -35.4. The lowest BCUT2D eigenvalue weighted by atomic mass is 9.90. The average molecular weight is 1240 g/mol. The first kappa shape index (κ1) is 57.8. The van der Waals surface area contributed by atoms with Crippen LogP contribution in [0.4, 0.5) is 0 Å². The Labute approximate surface area is 485 Å². The van der Waals surface area contributed by atoms with Crippen LogP contribution in [-0.4, -0.2) is 164 Å². The molecule has 11 rings (SSSR count). The number of phenols is 19. The summed E-state index contributed by atoms with van der Waals surface area (Å²) in [4.78, 5) is 100. The van der Waals surface area contributed by atoms with Gasteiger partial charge in [0.2, 0.25) is 41.1 Å². The first-order chi connectivity index (χ1) is 41.9. The molecule has 0 bridgehead atoms. The third-order valence-electron chi connectivity index (χ3n) is 14.2. The Morgan fingerprint density at radius 1 is 0.393 bits per heavy atom. The molecule has 0 aliphatic carbocycles. The molecule has 1 saturated heterocycles. The lowest BCUT2D eigenvalue weighted by Crippen LogP contribution is -2.63. The smallest absolute Gasteiger partial charge is 0.345 e. The first-order valence-electron chi connectivity index (χ1n) is 24.6. The molecule has 34 nitrogen and oxygen atoms in total. The van der Waals surface area contributed by atoms with Crippen LogP contribution in [-0.2, 0) is 28.4 Å². The van der Waals surface area contributed by atoms with Gasteiger partial charge in [-0.15, -0.1) is 0 Å². The summed E-state index contributed by atoms with van der Waals surface area (Å²) in [6, 6.07) is 3.52. The second kappa shape index (κ2) is 20.4. The van der Waals surface area contributed by atoms with E-state index in [1.54, 1.807) is 0 Å². The van der Waals surface area contributed by atoms with Gasteiger partial charge < -0.3 is 134 Å². The average Bonchev–Trinajstić information content (AvgIpc) is 0.706. The maximum Gasteiger partial charge on any atom is 0.345 e. The molecule has 5 unspecified atom stereocenters. The lowest BCUT2D eigenvalue weighted by molar-refractivity contribution is -0.282. The van der Waals surface area contributed by atoms with Crippen LogP contribution < -0.4 is 11.3 Å². The zero-order valence-electron chi connectivity index (χ0n) is 43.3. The summed E-state index contributed by atoms with van der Waals surface area (Å²) >= 11 is 0. The highest BCUT2D eigenvalue weighted by Crippen LogP contribution is 2.57. The molecule has 5 atom stereocenters. The lowest BCUT2D eigenvalue weighted by Gasteiger charge is -2.44. The number of esters is 5. The van der Waals surface area contributed by atoms with Crippen molar-refractivity contribution in [2.75, 3.05) is 6.61 Å². The summed E-state index contributed by atoms with van der Waals surface area (Å²) in [6.45, 7) is -1.49. The van der Waals surface area contributed by atoms with Gasteiger partial charge in [0.1, 0.15) is 12.7 Å². The summed E-state index contributed by atoms with van der Waals surface area (Å²) in [5, 5.41) is 202. The fraction of sp³-hybridized carbons (Fsp3) is 0.109. The van der Waals surface area contributed by atoms with Crippen LogP contribution in [0.25, 0.3) is 55.0 Å². The Hall–Kier alpha value is -13.0. The minimum absolute atomic E-state index is 0.235. The van der Waals surface area contributed by atoms with E-state index in [0.29, 0.717) is 42.5 Å². The third-order valence-corrected chi connectivity index (χ3v) is 14.2. The van der Waals surface area contributed by atoms with Gasteiger partial charge >= 0.3 is 41.1 Å². The molecule has 2 aliphatic rings. The predicted octanol–water partition coefficient (Wildman–Crippen LogP) is 2.96. The summed E-state index contributed by atoms with van der Waals surface area (Å²) in [6.07, 6.45) is -13.7. The molecule has 458 valence electrons. The topological polar surface area (TPSA) is 586 Å². The van der Waals surface area contributed by atoms with Crippen LogP contribution in [0.5, 0.6) is 109 Å². The number of hydrogen-bond acceptors (Lipinski definition) is 34. The number of ether oxygens (including phenoxy) is 6. The summed E-state index contributed by atoms with van der Waals surface area (Å²) < 4.78 is 44.6. The predicted molar refractivity (Wildman–Crippen MR) is 281 cm³/mol. The van der Waals surface area contributed by atoms with Gasteiger partial charge in [0.25, 0.3) is 0 Å². The molecular weight excluding hydrogens is 1200 g/mol. The van der Waals surface area contributed by atoms with E-state index >= 15 is 4.79 Å². The molecule has 2 aromatic heterocycles. The van der Waals surface area contributed by atoms with Gasteiger partial charge in [-0.2, -0.15) is 0 Å². The molecule has 1 fully saturated rings. The van der Waals surface area contributed by atoms with E-state index in [2.05, 4.69) is 0 Å². The number of aromatic hydroxyl groups is 19. The number of hydrogen-bond donors (Lipinski definition) is 19. The molecule has 7 aromatic carbocycles. The van der Waals surface area contributed by atoms with Gasteiger partial charge in [-0.05, 0) is 48.5 Å². The van der Waals surface area contributed by atoms with E-state index in [1.165, 1.54) is 0 Å². The molecule has 0 amide bonds. The molecule has 0 saturated carbocycles. The maximum absolute atomic E-state index is 15.3. The van der Waals surface area contributed by atoms with Gasteiger partial charge in [-0.1, -0.05) is 0 Å². The molecular formula is C55H34O34. The van der Waals surface area contributed by atoms with E-state index in [-0.39, 0.29) is 6.07 Å². The number of fused-ring (bicyclic) bond motifs is 4. The maximum atomic E-state index is 15.3. The van der Waals surface area contributed by atoms with E-state index in [0.717, 1.165) is 0 Å². The molecule has 0 spiro atoms. The fourth-order valence-electron chi connectivity index (χ4n) is 10.0. The van der Waals surface area contributed by atoms with Crippen molar-refractivity contribution in [3.05, 3.63) is 97.2 Å². The highest BCUT2D eigenvalue weighted by atomic mass is 16.7. The number of carbonyl (C=O) groups excluding carboxylic acids is 5. The van der Waals surface area contributed by atoms with Crippen molar-refractivity contribution in [3.63, 3.8) is 0 Å². The van der Waals surface area contributed by atoms with Crippen molar-refractivity contribution in [1.29, 1.82) is 0 Å². The van der Waals surface area contributed by atoms with Crippen LogP contribution in [0.15, 0.2) is 67.0 Å². The standard InChI is InChI=1S/C55H34O34/c56-16-1-10(2-17(57)32(16)64)48(75)82-9-24-43(84-50(77)14-7-22(62)36(68)40(72)27(14)29-31-30-28-15(53(80)85-45(30)42(74)41(29)73)8-23(63)37(69)44(28)86-54(31)81)46-47(55(83-24)89-49(76)11-3-18(58)33(65)19(59)4-11)88-52(79)13-6-21(61)35(67)39(71)26(13)25-12(51(78)87-46)5-20(60)34(66)38(25)70/h1-8,24,43,46-47,55-74H,9H2. The molecule has 9 aromatic rings. The van der Waals surface area contributed by atoms with Gasteiger partial charge in [-0.25, -0.2) is 33.6 Å². The third kappa shape index (κ3) is 8.89. The van der Waals surface area contributed by atoms with Crippen LogP contribution in [0.2, 0.25) is 0 Å². The molecule has 4 heterocycles. The largest absolute Gasteiger partial charge is 0.504 e. The van der Waals surface area contributed by atoms with Gasteiger partial charge in [0, 0.05) is 33.0 Å². The Bertz CT molecular complexity index is 4740. The van der Waals surface area contributed by atoms with Crippen LogP contribution >= 0.6 is 0 Å². The highest BCUT2D eigenvalue weighted by molar-refractivity contribution is 6.26. The molecule has 0 radical (unpaired) electrons. The van der Waals surface area contributed by atoms with Crippen molar-refractivity contribution < 1.29 is 158 Å². The Morgan fingerprint density at radius 2 is 0.831 bits per heavy atom. The molecule has 2 aliphatic heterocycles. The van der Waals surface area contributed by atoms with Crippen molar-refractivity contribution in [2.45, 2.75) is 30.7 Å². The van der Waals surface area contributed by atoms with Crippen LogP contribution in [0.3, 0.4) is 0 Å². The number of rotatable bonds is 8. The molecule has 34 heteroatoms. The van der Waals surface area contributed by atoms with E-state index in [4.69, 9.17) is 37.3 Å². The van der Waals surface area contributed by atoms with Crippen LogP contribution in [0.1, 0.15) is 51.8 Å². The zero-order valence-corrected chi connectivity index (χ0v) is 43.3. The minimum atomic E-state index is -2.84. The van der Waals surface area contributed by atoms with Crippen molar-refractivity contribution in [2.24, 2.45) is 0 Å². The minimum Gasteiger partial charge on any atom is -0.504 e. The second-order valence-electron chi connectivity index (χ2n) is 19.4. The monoisotopic (exact) mass is 1240 g/mol. The number of carbonyl (C=O) groups is 5. The van der Waals surface area contributed by atoms with Gasteiger partial charge in [0.15, 0.2) is 104 Å². The van der Waals surface area contributed by atoms with Gasteiger partial charge in [-0.3, -0.25) is 0 Å². The normalized spacial score (nSPS) is 17.3. The Morgan fingerprint density at radius 3 is 1.37 bits per heavy atom. The first-order valence-corrected chi connectivity index (χ1v) is 24.6. The van der Waals surface area contributed by atoms with Gasteiger partial charge in [0.05, 0.1) is 38.6 Å². The summed E-state index contributed by atoms with van der Waals surface area (Å²) in [5.41, 5.74) is -15.8. The van der Waals surface area contributed by atoms with Crippen molar-refractivity contribution in [1.82, 2.24) is 0 Å². The number of benzene rings is 7. The molecule has 19 N–H and O–H groups in total. The Balaban J connectivity index is 1.14. The fourth-order valence-corrected chi connectivity index (χ4v) is 10.0.